The summed E-state index contributed by atoms with van der Waals surface area (Å²) in [6.07, 6.45) is 9.70. The van der Waals surface area contributed by atoms with Crippen LogP contribution in [0.15, 0.2) is 48.8 Å². The Balaban J connectivity index is 1.77. The van der Waals surface area contributed by atoms with E-state index in [0.29, 0.717) is 22.6 Å². The molecule has 0 aliphatic carbocycles. The maximum Gasteiger partial charge on any atom is 0.257 e. The molecule has 0 unspecified atom stereocenters. The van der Waals surface area contributed by atoms with Gasteiger partial charge < -0.3 is 9.88 Å². The Kier molecular flexibility index (Phi) is 7.91. The van der Waals surface area contributed by atoms with Gasteiger partial charge in [-0.25, -0.2) is 13.1 Å². The van der Waals surface area contributed by atoms with E-state index >= 15 is 0 Å². The first-order chi connectivity index (χ1) is 16.3. The molecule has 3 rings (SSSR count). The highest BCUT2D eigenvalue weighted by atomic mass is 32.2. The third-order valence-corrected chi connectivity index (χ3v) is 6.31. The highest BCUT2D eigenvalue weighted by Gasteiger charge is 2.16. The average Bonchev–Trinajstić information content (AvgIpc) is 3.32. The van der Waals surface area contributed by atoms with Crippen LogP contribution >= 0.6 is 0 Å². The Morgan fingerprint density at radius 1 is 1.29 bits per heavy atom. The summed E-state index contributed by atoms with van der Waals surface area (Å²) in [7, 11) is -2.01. The molecule has 0 aliphatic rings. The van der Waals surface area contributed by atoms with E-state index in [9.17, 15) is 13.2 Å². The van der Waals surface area contributed by atoms with Crippen molar-refractivity contribution in [2.24, 2.45) is 7.05 Å². The molecule has 0 fully saturated rings. The summed E-state index contributed by atoms with van der Waals surface area (Å²) in [5.41, 5.74) is 2.80. The number of nitriles is 1. The minimum atomic E-state index is -3.80. The molecule has 0 spiro atoms. The fourth-order valence-corrected chi connectivity index (χ4v) is 4.36. The molecule has 3 aromatic rings. The Labute approximate surface area is 199 Å². The SMILES string of the molecule is CCCCNC=CCS(=O)(=O)NC(=O)/C=C/c1c(C)nn(C)c1-n1ccc2cc(C#N)ccc21. The summed E-state index contributed by atoms with van der Waals surface area (Å²) >= 11 is 0. The fourth-order valence-electron chi connectivity index (χ4n) is 3.55. The average molecular weight is 481 g/mol. The van der Waals surface area contributed by atoms with Crippen molar-refractivity contribution in [3.63, 3.8) is 0 Å². The van der Waals surface area contributed by atoms with Gasteiger partial charge in [-0.15, -0.1) is 0 Å². The summed E-state index contributed by atoms with van der Waals surface area (Å²) in [6, 6.07) is 9.43. The third kappa shape index (κ3) is 5.94. The predicted molar refractivity (Wildman–Crippen MR) is 133 cm³/mol. The van der Waals surface area contributed by atoms with Crippen molar-refractivity contribution in [2.75, 3.05) is 12.3 Å². The van der Waals surface area contributed by atoms with Gasteiger partial charge in [0.2, 0.25) is 10.0 Å². The first-order valence-corrected chi connectivity index (χ1v) is 12.6. The molecule has 2 N–H and O–H groups in total. The highest BCUT2D eigenvalue weighted by molar-refractivity contribution is 7.90. The molecule has 1 amide bonds. The predicted octanol–water partition coefficient (Wildman–Crippen LogP) is 2.91. The minimum Gasteiger partial charge on any atom is -0.391 e. The van der Waals surface area contributed by atoms with Crippen molar-refractivity contribution < 1.29 is 13.2 Å². The van der Waals surface area contributed by atoms with E-state index in [1.54, 1.807) is 36.1 Å². The number of sulfonamides is 1. The lowest BCUT2D eigenvalue weighted by atomic mass is 10.2. The zero-order valence-electron chi connectivity index (χ0n) is 19.4. The van der Waals surface area contributed by atoms with Crippen LogP contribution in [0, 0.1) is 18.3 Å². The van der Waals surface area contributed by atoms with E-state index in [1.165, 1.54) is 12.2 Å². The van der Waals surface area contributed by atoms with Gasteiger partial charge in [-0.05, 0) is 49.9 Å². The van der Waals surface area contributed by atoms with Crippen LogP contribution in [0.25, 0.3) is 22.8 Å². The summed E-state index contributed by atoms with van der Waals surface area (Å²) in [5.74, 6) is -0.328. The lowest BCUT2D eigenvalue weighted by Gasteiger charge is -2.08. The van der Waals surface area contributed by atoms with Crippen molar-refractivity contribution in [3.05, 3.63) is 65.6 Å². The van der Waals surface area contributed by atoms with Crippen LogP contribution < -0.4 is 10.0 Å². The number of aryl methyl sites for hydroxylation is 2. The van der Waals surface area contributed by atoms with Crippen LogP contribution in [0.1, 0.15) is 36.6 Å². The van der Waals surface area contributed by atoms with Gasteiger partial charge in [-0.1, -0.05) is 19.4 Å². The maximum atomic E-state index is 12.3. The first-order valence-electron chi connectivity index (χ1n) is 10.9. The smallest absolute Gasteiger partial charge is 0.257 e. The zero-order valence-corrected chi connectivity index (χ0v) is 20.3. The summed E-state index contributed by atoms with van der Waals surface area (Å²) in [4.78, 5) is 12.3. The largest absolute Gasteiger partial charge is 0.391 e. The van der Waals surface area contributed by atoms with E-state index in [-0.39, 0.29) is 5.75 Å². The molecule has 1 aromatic carbocycles. The number of rotatable bonds is 10. The van der Waals surface area contributed by atoms with Gasteiger partial charge in [0.1, 0.15) is 5.82 Å². The molecular weight excluding hydrogens is 452 g/mol. The van der Waals surface area contributed by atoms with Crippen molar-refractivity contribution in [2.45, 2.75) is 26.7 Å². The normalized spacial score (nSPS) is 11.9. The van der Waals surface area contributed by atoms with Gasteiger partial charge in [-0.3, -0.25) is 9.48 Å². The standard InChI is InChI=1S/C24H28N6O3S/c1-4-5-12-26-13-6-15-34(32,33)28-23(31)10-8-21-18(2)27-29(3)24(21)30-14-11-20-16-19(17-25)7-9-22(20)30/h6-11,13-14,16,26H,4-5,12,15H2,1-3H3,(H,28,31)/b10-8+,13-6?. The maximum absolute atomic E-state index is 12.3. The zero-order chi connectivity index (χ0) is 24.7. The quantitative estimate of drug-likeness (QED) is 0.340. The number of carbonyl (C=O) groups is 1. The lowest BCUT2D eigenvalue weighted by Crippen LogP contribution is -2.30. The molecule has 0 radical (unpaired) electrons. The molecule has 0 saturated heterocycles. The molecule has 178 valence electrons. The van der Waals surface area contributed by atoms with E-state index in [1.807, 2.05) is 29.8 Å². The van der Waals surface area contributed by atoms with E-state index in [0.717, 1.165) is 30.3 Å². The number of benzene rings is 1. The van der Waals surface area contributed by atoms with Gasteiger partial charge in [0.05, 0.1) is 28.6 Å². The molecule has 0 atom stereocenters. The summed E-state index contributed by atoms with van der Waals surface area (Å²) < 4.78 is 30.0. The van der Waals surface area contributed by atoms with Crippen molar-refractivity contribution in [3.8, 4) is 11.9 Å². The van der Waals surface area contributed by atoms with Crippen LogP contribution in [0.2, 0.25) is 0 Å². The number of nitrogens with zero attached hydrogens (tertiary/aromatic N) is 4. The van der Waals surface area contributed by atoms with Crippen LogP contribution in [0.5, 0.6) is 0 Å². The number of hydrogen-bond donors (Lipinski definition) is 2. The monoisotopic (exact) mass is 480 g/mol. The second-order valence-corrected chi connectivity index (χ2v) is 9.58. The number of amides is 1. The molecule has 10 heteroatoms. The topological polar surface area (TPSA) is 122 Å². The summed E-state index contributed by atoms with van der Waals surface area (Å²) in [5, 5.41) is 17.5. The molecule has 0 bridgehead atoms. The summed E-state index contributed by atoms with van der Waals surface area (Å²) in [6.45, 7) is 4.65. The molecule has 2 heterocycles. The van der Waals surface area contributed by atoms with Crippen LogP contribution in [-0.4, -0.2) is 41.0 Å². The molecule has 34 heavy (non-hydrogen) atoms. The van der Waals surface area contributed by atoms with E-state index in [4.69, 9.17) is 5.26 Å². The molecule has 0 aliphatic heterocycles. The van der Waals surface area contributed by atoms with Gasteiger partial charge in [-0.2, -0.15) is 10.4 Å². The van der Waals surface area contributed by atoms with Crippen molar-refractivity contribution in [1.29, 1.82) is 5.26 Å². The van der Waals surface area contributed by atoms with Crippen molar-refractivity contribution >= 4 is 32.9 Å². The highest BCUT2D eigenvalue weighted by Crippen LogP contribution is 2.26. The fraction of sp³-hybridized carbons (Fsp3) is 0.292. The van der Waals surface area contributed by atoms with Gasteiger partial charge >= 0.3 is 0 Å². The number of hydrogen-bond acceptors (Lipinski definition) is 6. The van der Waals surface area contributed by atoms with Gasteiger partial charge in [0.25, 0.3) is 5.91 Å². The second kappa shape index (κ2) is 10.9. The van der Waals surface area contributed by atoms with E-state index < -0.39 is 15.9 Å². The first kappa shape index (κ1) is 24.8. The number of carbonyl (C=O) groups excluding carboxylic acids is 1. The molecule has 2 aromatic heterocycles. The van der Waals surface area contributed by atoms with Crippen molar-refractivity contribution in [1.82, 2.24) is 24.4 Å². The number of fused-ring (bicyclic) bond motifs is 1. The second-order valence-electron chi connectivity index (χ2n) is 7.81. The van der Waals surface area contributed by atoms with E-state index in [2.05, 4.69) is 28.1 Å². The van der Waals surface area contributed by atoms with Gasteiger partial charge in [0, 0.05) is 36.8 Å². The Bertz CT molecular complexity index is 1390. The Morgan fingerprint density at radius 2 is 2.09 bits per heavy atom. The number of aromatic nitrogens is 3. The van der Waals surface area contributed by atoms with Crippen LogP contribution in [-0.2, 0) is 21.9 Å². The minimum absolute atomic E-state index is 0.303. The number of nitrogens with one attached hydrogen (secondary N) is 2. The molecule has 0 saturated carbocycles. The lowest BCUT2D eigenvalue weighted by molar-refractivity contribution is -0.114. The number of unbranched alkanes of at least 4 members (excludes halogenated alkanes) is 1. The van der Waals surface area contributed by atoms with Crippen LogP contribution in [0.3, 0.4) is 0 Å². The Hall–Kier alpha value is -3.84. The van der Waals surface area contributed by atoms with Crippen LogP contribution in [0.4, 0.5) is 0 Å². The molecule has 9 nitrogen and oxygen atoms in total. The Morgan fingerprint density at radius 3 is 2.82 bits per heavy atom. The molecular formula is C24H28N6O3S. The third-order valence-electron chi connectivity index (χ3n) is 5.17. The van der Waals surface area contributed by atoms with Gasteiger partial charge in [0.15, 0.2) is 0 Å².